The van der Waals surface area contributed by atoms with Crippen LogP contribution in [0.4, 0.5) is 4.79 Å². The van der Waals surface area contributed by atoms with Crippen LogP contribution in [0, 0.1) is 11.8 Å². The summed E-state index contributed by atoms with van der Waals surface area (Å²) < 4.78 is 5.68. The van der Waals surface area contributed by atoms with E-state index in [0.29, 0.717) is 25.8 Å². The van der Waals surface area contributed by atoms with Crippen molar-refractivity contribution >= 4 is 18.0 Å². The van der Waals surface area contributed by atoms with Gasteiger partial charge in [-0.3, -0.25) is 4.79 Å². The average molecular weight is 477 g/mol. The Morgan fingerprint density at radius 2 is 1.66 bits per heavy atom. The highest BCUT2D eigenvalue weighted by Crippen LogP contribution is 2.44. The van der Waals surface area contributed by atoms with Crippen molar-refractivity contribution in [2.75, 3.05) is 13.2 Å². The van der Waals surface area contributed by atoms with Gasteiger partial charge in [-0.05, 0) is 53.9 Å². The Hall–Kier alpha value is -3.35. The van der Waals surface area contributed by atoms with E-state index in [1.54, 1.807) is 0 Å². The monoisotopic (exact) mass is 476 g/mol. The van der Waals surface area contributed by atoms with Crippen molar-refractivity contribution in [1.82, 2.24) is 10.2 Å². The summed E-state index contributed by atoms with van der Waals surface area (Å²) in [7, 11) is 0. The van der Waals surface area contributed by atoms with Crippen LogP contribution in [0.5, 0.6) is 0 Å². The zero-order valence-corrected chi connectivity index (χ0v) is 20.0. The second-order valence-corrected chi connectivity index (χ2v) is 10.1. The Bertz CT molecular complexity index is 1090. The summed E-state index contributed by atoms with van der Waals surface area (Å²) in [5.41, 5.74) is 4.63. The summed E-state index contributed by atoms with van der Waals surface area (Å²) in [6.45, 7) is 2.69. The first-order chi connectivity index (χ1) is 16.9. The van der Waals surface area contributed by atoms with Gasteiger partial charge in [0.2, 0.25) is 5.91 Å². The number of nitrogens with zero attached hydrogens (tertiary/aromatic N) is 1. The van der Waals surface area contributed by atoms with Gasteiger partial charge in [0.05, 0.1) is 5.92 Å². The van der Waals surface area contributed by atoms with Gasteiger partial charge in [-0.2, -0.15) is 0 Å². The third-order valence-electron chi connectivity index (χ3n) is 7.91. The molecule has 2 amide bonds. The number of rotatable bonds is 5. The number of carbonyl (C=O) groups is 3. The van der Waals surface area contributed by atoms with Gasteiger partial charge in [0.15, 0.2) is 0 Å². The molecule has 2 N–H and O–H groups in total. The Labute approximate surface area is 205 Å². The van der Waals surface area contributed by atoms with E-state index in [2.05, 4.69) is 29.6 Å². The third kappa shape index (κ3) is 4.51. The number of likely N-dealkylation sites (tertiary alicyclic amines) is 1. The number of carboxylic acid groups (broad SMARTS) is 1. The van der Waals surface area contributed by atoms with Gasteiger partial charge in [-0.1, -0.05) is 61.9 Å². The fourth-order valence-electron chi connectivity index (χ4n) is 6.07. The number of carboxylic acids is 1. The van der Waals surface area contributed by atoms with E-state index in [4.69, 9.17) is 4.74 Å². The molecule has 7 heteroatoms. The van der Waals surface area contributed by atoms with E-state index in [-0.39, 0.29) is 30.4 Å². The number of fused-ring (bicyclic) bond motifs is 3. The quantitative estimate of drug-likeness (QED) is 0.667. The predicted molar refractivity (Wildman–Crippen MR) is 131 cm³/mol. The molecule has 0 bridgehead atoms. The summed E-state index contributed by atoms with van der Waals surface area (Å²) in [5.74, 6) is -1.28. The highest BCUT2D eigenvalue weighted by molar-refractivity contribution is 5.86. The van der Waals surface area contributed by atoms with Crippen LogP contribution in [0.2, 0.25) is 0 Å². The van der Waals surface area contributed by atoms with Gasteiger partial charge < -0.3 is 20.1 Å². The molecular formula is C28H32N2O5. The van der Waals surface area contributed by atoms with Crippen molar-refractivity contribution in [1.29, 1.82) is 0 Å². The smallest absolute Gasteiger partial charge is 0.407 e. The van der Waals surface area contributed by atoms with Crippen LogP contribution in [-0.2, 0) is 14.3 Å². The molecule has 4 atom stereocenters. The molecule has 5 rings (SSSR count). The van der Waals surface area contributed by atoms with Crippen molar-refractivity contribution in [3.8, 4) is 11.1 Å². The maximum absolute atomic E-state index is 13.3. The number of benzene rings is 2. The Balaban J connectivity index is 1.23. The van der Waals surface area contributed by atoms with E-state index >= 15 is 0 Å². The number of hydrogen-bond donors (Lipinski definition) is 2. The minimum absolute atomic E-state index is 0.0270. The first-order valence-electron chi connectivity index (χ1n) is 12.6. The zero-order valence-electron chi connectivity index (χ0n) is 20.0. The molecule has 35 heavy (non-hydrogen) atoms. The maximum atomic E-state index is 13.3. The molecule has 1 aliphatic heterocycles. The first-order valence-corrected chi connectivity index (χ1v) is 12.6. The van der Waals surface area contributed by atoms with E-state index < -0.39 is 24.0 Å². The van der Waals surface area contributed by atoms with Gasteiger partial charge in [0.25, 0.3) is 0 Å². The first kappa shape index (κ1) is 23.4. The van der Waals surface area contributed by atoms with Gasteiger partial charge in [-0.25, -0.2) is 9.59 Å². The molecule has 184 valence electrons. The highest BCUT2D eigenvalue weighted by atomic mass is 16.5. The van der Waals surface area contributed by atoms with Crippen LogP contribution in [0.25, 0.3) is 11.1 Å². The molecular weight excluding hydrogens is 444 g/mol. The molecule has 0 spiro atoms. The topological polar surface area (TPSA) is 95.9 Å². The SMILES string of the molecule is CC1CCN(C(=O)C2CCCC2NC(=O)OCC2c3ccccc3-c3ccccc32)C(C(=O)O)C1. The van der Waals surface area contributed by atoms with Gasteiger partial charge in [0.1, 0.15) is 12.6 Å². The highest BCUT2D eigenvalue weighted by Gasteiger charge is 2.42. The minimum Gasteiger partial charge on any atom is -0.480 e. The number of hydrogen-bond acceptors (Lipinski definition) is 4. The Morgan fingerprint density at radius 1 is 1.00 bits per heavy atom. The van der Waals surface area contributed by atoms with E-state index in [0.717, 1.165) is 24.0 Å². The molecule has 4 unspecified atom stereocenters. The lowest BCUT2D eigenvalue weighted by Gasteiger charge is -2.38. The molecule has 1 saturated carbocycles. The number of carbonyl (C=O) groups excluding carboxylic acids is 2. The lowest BCUT2D eigenvalue weighted by molar-refractivity contribution is -0.155. The van der Waals surface area contributed by atoms with Crippen LogP contribution < -0.4 is 5.32 Å². The molecule has 1 heterocycles. The second kappa shape index (κ2) is 9.72. The van der Waals surface area contributed by atoms with Crippen molar-refractivity contribution in [2.45, 2.75) is 57.0 Å². The molecule has 7 nitrogen and oxygen atoms in total. The predicted octanol–water partition coefficient (Wildman–Crippen LogP) is 4.41. The molecule has 3 aliphatic rings. The van der Waals surface area contributed by atoms with Crippen molar-refractivity contribution in [2.24, 2.45) is 11.8 Å². The second-order valence-electron chi connectivity index (χ2n) is 10.1. The maximum Gasteiger partial charge on any atom is 0.407 e. The molecule has 2 fully saturated rings. The number of aliphatic carboxylic acids is 1. The van der Waals surface area contributed by atoms with Gasteiger partial charge in [0, 0.05) is 18.5 Å². The number of amides is 2. The molecule has 0 radical (unpaired) electrons. The summed E-state index contributed by atoms with van der Waals surface area (Å²) in [6, 6.07) is 15.2. The van der Waals surface area contributed by atoms with E-state index in [1.165, 1.54) is 16.0 Å². The number of ether oxygens (including phenoxy) is 1. The van der Waals surface area contributed by atoms with Crippen LogP contribution in [-0.4, -0.2) is 53.2 Å². The van der Waals surface area contributed by atoms with Gasteiger partial charge in [-0.15, -0.1) is 0 Å². The summed E-state index contributed by atoms with van der Waals surface area (Å²) >= 11 is 0. The normalized spacial score (nSPS) is 25.6. The van der Waals surface area contributed by atoms with Crippen LogP contribution in [0.3, 0.4) is 0 Å². The van der Waals surface area contributed by atoms with Crippen molar-refractivity contribution in [3.63, 3.8) is 0 Å². The van der Waals surface area contributed by atoms with E-state index in [9.17, 15) is 19.5 Å². The fourth-order valence-corrected chi connectivity index (χ4v) is 6.07. The Kier molecular flexibility index (Phi) is 6.50. The summed E-state index contributed by atoms with van der Waals surface area (Å²) in [6.07, 6.45) is 2.88. The molecule has 1 saturated heterocycles. The lowest BCUT2D eigenvalue weighted by Crippen LogP contribution is -2.54. The standard InChI is InChI=1S/C28H32N2O5/c1-17-13-14-30(25(15-17)27(32)33)26(31)22-11-6-12-24(22)29-28(34)35-16-23-20-9-4-2-7-18(20)19-8-3-5-10-21(19)23/h2-5,7-10,17,22-25H,6,11-16H2,1H3,(H,29,34)(H,32,33). The lowest BCUT2D eigenvalue weighted by atomic mass is 9.90. The zero-order chi connectivity index (χ0) is 24.5. The largest absolute Gasteiger partial charge is 0.480 e. The minimum atomic E-state index is -0.955. The summed E-state index contributed by atoms with van der Waals surface area (Å²) in [4.78, 5) is 39.4. The average Bonchev–Trinajstić information content (AvgIpc) is 3.44. The molecule has 2 aliphatic carbocycles. The van der Waals surface area contributed by atoms with Crippen molar-refractivity contribution < 1.29 is 24.2 Å². The summed E-state index contributed by atoms with van der Waals surface area (Å²) in [5, 5.41) is 12.6. The molecule has 2 aromatic rings. The van der Waals surface area contributed by atoms with Gasteiger partial charge >= 0.3 is 12.1 Å². The molecule has 2 aromatic carbocycles. The Morgan fingerprint density at radius 3 is 2.31 bits per heavy atom. The van der Waals surface area contributed by atoms with Crippen LogP contribution >= 0.6 is 0 Å². The van der Waals surface area contributed by atoms with Crippen molar-refractivity contribution in [3.05, 3.63) is 59.7 Å². The fraction of sp³-hybridized carbons (Fsp3) is 0.464. The number of nitrogens with one attached hydrogen (secondary N) is 1. The molecule has 0 aromatic heterocycles. The third-order valence-corrected chi connectivity index (χ3v) is 7.91. The van der Waals surface area contributed by atoms with E-state index in [1.807, 2.05) is 31.2 Å². The van der Waals surface area contributed by atoms with Crippen LogP contribution in [0.15, 0.2) is 48.5 Å². The van der Waals surface area contributed by atoms with Crippen LogP contribution in [0.1, 0.15) is 56.1 Å². The number of alkyl carbamates (subject to hydrolysis) is 1. The number of piperidine rings is 1.